The standard InChI is InChI=1S/C43H39ClN4O7S/c1-21-27-18-23(44)10-15-33(27)56-38(21)30-20-34(46(3)45-30)48-40(52)29-19-28-25(37(43(29,2)42(48)54)36-31(50)6-5-7-32(36)55-4)13-14-26-35(28)41(53)47(39(26)51)17-16-22-8-11-24(49)12-9-22/h5-13,15,18,20,26,28-29,35,37,49-50H,14,16-17,19H2,1-4H3. The summed E-state index contributed by atoms with van der Waals surface area (Å²) in [5.41, 5.74) is 2.20. The van der Waals surface area contributed by atoms with Gasteiger partial charge in [0, 0.05) is 40.9 Å². The van der Waals surface area contributed by atoms with Gasteiger partial charge in [0.05, 0.1) is 35.2 Å². The lowest BCUT2D eigenvalue weighted by Crippen LogP contribution is -2.49. The van der Waals surface area contributed by atoms with Crippen LogP contribution in [-0.2, 0) is 32.6 Å². The van der Waals surface area contributed by atoms with E-state index in [2.05, 4.69) is 0 Å². The lowest BCUT2D eigenvalue weighted by Gasteiger charge is -2.49. The third-order valence-electron chi connectivity index (χ3n) is 12.7. The third kappa shape index (κ3) is 5.18. The number of hydrogen-bond acceptors (Lipinski definition) is 9. The number of aromatic nitrogens is 2. The lowest BCUT2D eigenvalue weighted by atomic mass is 9.51. The molecule has 5 aromatic rings. The molecule has 56 heavy (non-hydrogen) atoms. The molecule has 2 saturated heterocycles. The van der Waals surface area contributed by atoms with Gasteiger partial charge in [0.1, 0.15) is 28.8 Å². The van der Waals surface area contributed by atoms with Crippen molar-refractivity contribution in [3.05, 3.63) is 100 Å². The van der Waals surface area contributed by atoms with Crippen molar-refractivity contribution in [1.29, 1.82) is 0 Å². The Morgan fingerprint density at radius 1 is 0.982 bits per heavy atom. The summed E-state index contributed by atoms with van der Waals surface area (Å²) in [5.74, 6) is -4.37. The van der Waals surface area contributed by atoms with Crippen molar-refractivity contribution in [3.8, 4) is 27.8 Å². The number of carbonyl (C=O) groups excluding carboxylic acids is 4. The summed E-state index contributed by atoms with van der Waals surface area (Å²) in [4.78, 5) is 61.9. The maximum Gasteiger partial charge on any atom is 0.242 e. The summed E-state index contributed by atoms with van der Waals surface area (Å²) in [7, 11) is 3.19. The van der Waals surface area contributed by atoms with Crippen LogP contribution in [0.1, 0.15) is 42.4 Å². The van der Waals surface area contributed by atoms with Crippen molar-refractivity contribution in [2.24, 2.45) is 36.1 Å². The molecule has 4 heterocycles. The van der Waals surface area contributed by atoms with Crippen molar-refractivity contribution in [2.45, 2.75) is 39.0 Å². The number of fused-ring (bicyclic) bond motifs is 5. The van der Waals surface area contributed by atoms with Gasteiger partial charge in [0.25, 0.3) is 0 Å². The van der Waals surface area contributed by atoms with Gasteiger partial charge in [0.2, 0.25) is 23.6 Å². The molecule has 4 aliphatic rings. The van der Waals surface area contributed by atoms with Crippen LogP contribution in [0.15, 0.2) is 78.4 Å². The van der Waals surface area contributed by atoms with Crippen LogP contribution in [0.2, 0.25) is 5.02 Å². The van der Waals surface area contributed by atoms with Crippen LogP contribution in [0, 0.1) is 36.0 Å². The zero-order chi connectivity index (χ0) is 39.4. The minimum Gasteiger partial charge on any atom is -0.508 e. The van der Waals surface area contributed by atoms with E-state index in [-0.39, 0.29) is 42.7 Å². The maximum absolute atomic E-state index is 15.2. The predicted octanol–water partition coefficient (Wildman–Crippen LogP) is 7.16. The summed E-state index contributed by atoms with van der Waals surface area (Å²) in [5, 5.41) is 27.7. The van der Waals surface area contributed by atoms with E-state index < -0.39 is 46.8 Å². The average molecular weight is 791 g/mol. The van der Waals surface area contributed by atoms with Crippen molar-refractivity contribution in [2.75, 3.05) is 18.6 Å². The molecule has 6 atom stereocenters. The first-order chi connectivity index (χ1) is 26.8. The van der Waals surface area contributed by atoms with Gasteiger partial charge in [-0.15, -0.1) is 11.3 Å². The van der Waals surface area contributed by atoms with Crippen LogP contribution in [0.4, 0.5) is 5.82 Å². The van der Waals surface area contributed by atoms with E-state index in [9.17, 15) is 24.6 Å². The number of likely N-dealkylation sites (tertiary alicyclic amines) is 1. The number of phenols is 2. The third-order valence-corrected chi connectivity index (χ3v) is 14.2. The number of carbonyl (C=O) groups is 4. The number of halogens is 1. The predicted molar refractivity (Wildman–Crippen MR) is 212 cm³/mol. The molecule has 13 heteroatoms. The Balaban J connectivity index is 1.12. The van der Waals surface area contributed by atoms with Gasteiger partial charge in [-0.1, -0.05) is 41.4 Å². The Bertz CT molecular complexity index is 2540. The van der Waals surface area contributed by atoms with E-state index in [4.69, 9.17) is 21.4 Å². The van der Waals surface area contributed by atoms with E-state index in [1.165, 1.54) is 23.0 Å². The largest absolute Gasteiger partial charge is 0.508 e. The first kappa shape index (κ1) is 36.2. The van der Waals surface area contributed by atoms with E-state index in [0.29, 0.717) is 34.3 Å². The minimum absolute atomic E-state index is 0.0933. The van der Waals surface area contributed by atoms with Crippen molar-refractivity contribution in [3.63, 3.8) is 0 Å². The van der Waals surface area contributed by atoms with Crippen molar-refractivity contribution in [1.82, 2.24) is 14.7 Å². The number of aromatic hydroxyl groups is 2. The van der Waals surface area contributed by atoms with Gasteiger partial charge in [0.15, 0.2) is 0 Å². The molecule has 2 aromatic heterocycles. The molecule has 0 spiro atoms. The molecule has 3 fully saturated rings. The van der Waals surface area contributed by atoms with Gasteiger partial charge in [-0.25, -0.2) is 4.90 Å². The smallest absolute Gasteiger partial charge is 0.242 e. The quantitative estimate of drug-likeness (QED) is 0.131. The number of methoxy groups -OCH3 is 1. The van der Waals surface area contributed by atoms with Gasteiger partial charge >= 0.3 is 0 Å². The zero-order valence-corrected chi connectivity index (χ0v) is 32.7. The highest BCUT2D eigenvalue weighted by molar-refractivity contribution is 7.22. The Kier molecular flexibility index (Phi) is 8.44. The van der Waals surface area contributed by atoms with Crippen LogP contribution >= 0.6 is 22.9 Å². The number of thiophene rings is 1. The fourth-order valence-corrected chi connectivity index (χ4v) is 11.3. The number of hydrogen-bond donors (Lipinski definition) is 2. The number of aryl methyl sites for hydroxylation is 2. The first-order valence-corrected chi connectivity index (χ1v) is 19.8. The molecular formula is C43H39ClN4O7S. The summed E-state index contributed by atoms with van der Waals surface area (Å²) in [6.45, 7) is 3.95. The van der Waals surface area contributed by atoms with Crippen LogP contribution in [0.3, 0.4) is 0 Å². The lowest BCUT2D eigenvalue weighted by molar-refractivity contribution is -0.140. The number of phenolic OH excluding ortho intramolecular Hbond substituents is 2. The normalized spacial score (nSPS) is 25.8. The van der Waals surface area contributed by atoms with Gasteiger partial charge < -0.3 is 14.9 Å². The summed E-state index contributed by atoms with van der Waals surface area (Å²) in [6.07, 6.45) is 2.82. The molecule has 0 radical (unpaired) electrons. The number of nitrogens with zero attached hydrogens (tertiary/aromatic N) is 4. The molecule has 2 aliphatic carbocycles. The summed E-state index contributed by atoms with van der Waals surface area (Å²) >= 11 is 7.88. The highest BCUT2D eigenvalue weighted by atomic mass is 35.5. The number of benzene rings is 3. The van der Waals surface area contributed by atoms with Crippen molar-refractivity contribution < 1.29 is 34.1 Å². The molecular weight excluding hydrogens is 752 g/mol. The van der Waals surface area contributed by atoms with Gasteiger partial charge in [-0.3, -0.25) is 28.8 Å². The minimum atomic E-state index is -1.39. The molecule has 9 rings (SSSR count). The Morgan fingerprint density at radius 2 is 1.75 bits per heavy atom. The molecule has 1 saturated carbocycles. The molecule has 0 bridgehead atoms. The van der Waals surface area contributed by atoms with Gasteiger partial charge in [-0.05, 0) is 98.0 Å². The molecule has 11 nitrogen and oxygen atoms in total. The molecule has 286 valence electrons. The van der Waals surface area contributed by atoms with Crippen LogP contribution in [0.5, 0.6) is 17.2 Å². The number of imide groups is 2. The Hall–Kier alpha value is -5.46. The van der Waals surface area contributed by atoms with Crippen LogP contribution < -0.4 is 9.64 Å². The highest BCUT2D eigenvalue weighted by Gasteiger charge is 2.68. The molecule has 3 aromatic carbocycles. The highest BCUT2D eigenvalue weighted by Crippen LogP contribution is 2.65. The van der Waals surface area contributed by atoms with Gasteiger partial charge in [-0.2, -0.15) is 5.10 Å². The Morgan fingerprint density at radius 3 is 2.50 bits per heavy atom. The maximum atomic E-state index is 15.2. The van der Waals surface area contributed by atoms with E-state index in [1.54, 1.807) is 72.5 Å². The Labute approximate surface area is 331 Å². The first-order valence-electron chi connectivity index (χ1n) is 18.6. The van der Waals surface area contributed by atoms with Crippen LogP contribution in [0.25, 0.3) is 20.7 Å². The SMILES string of the molecule is COc1cccc(O)c1C1C2=CCC3C(=O)N(CCc4ccc(O)cc4)C(=O)C3C2CC2C(=O)N(c3cc(-c4sc5ccc(Cl)cc5c4C)nn3C)C(=O)C21C. The second-order valence-corrected chi connectivity index (χ2v) is 17.0. The van der Waals surface area contributed by atoms with E-state index in [1.807, 2.05) is 31.2 Å². The molecule has 2 N–H and O–H groups in total. The summed E-state index contributed by atoms with van der Waals surface area (Å²) in [6, 6.07) is 19.1. The number of ether oxygens (including phenoxy) is 1. The number of rotatable bonds is 7. The number of allylic oxidation sites excluding steroid dienone is 2. The molecule has 2 aliphatic heterocycles. The van der Waals surface area contributed by atoms with E-state index in [0.717, 1.165) is 31.7 Å². The number of anilines is 1. The topological polar surface area (TPSA) is 142 Å². The fraction of sp³-hybridized carbons (Fsp3) is 0.326. The summed E-state index contributed by atoms with van der Waals surface area (Å²) < 4.78 is 8.38. The molecule has 6 unspecified atom stereocenters. The van der Waals surface area contributed by atoms with Crippen molar-refractivity contribution >= 4 is 62.5 Å². The molecule has 4 amide bonds. The zero-order valence-electron chi connectivity index (χ0n) is 31.2. The monoisotopic (exact) mass is 790 g/mol. The van der Waals surface area contributed by atoms with Crippen LogP contribution in [-0.4, -0.2) is 62.2 Å². The van der Waals surface area contributed by atoms with E-state index >= 15 is 4.79 Å². The fourth-order valence-electron chi connectivity index (χ4n) is 9.95. The average Bonchev–Trinajstić information content (AvgIpc) is 3.85. The number of amides is 4. The second-order valence-electron chi connectivity index (χ2n) is 15.5. The second kappa shape index (κ2) is 13.1.